The molecule has 0 spiro atoms. The van der Waals surface area contributed by atoms with Gasteiger partial charge in [0.05, 0.1) is 12.8 Å². The highest BCUT2D eigenvalue weighted by Crippen LogP contribution is 2.40. The number of esters is 2. The number of hydrogen-bond acceptors (Lipinski definition) is 4. The zero-order valence-corrected chi connectivity index (χ0v) is 32.9. The standard InChI is InChI=1S/C50H62O4/c1-3-5-7-9-37-11-15-39(16-12-37)41-19-23-43(24-20-41)45-27-31-47(32-28-45)53-49(51)35-36-50(52)54-48-33-29-46(30-34-48)44-25-21-42(22-26-44)40-17-13-38(14-18-40)10-8-6-4-2/h19-34,37-40H,3-18,35-36H2,1-2H3. The Morgan fingerprint density at radius 3 is 1.07 bits per heavy atom. The van der Waals surface area contributed by atoms with Gasteiger partial charge in [-0.05, 0) is 133 Å². The van der Waals surface area contributed by atoms with Crippen LogP contribution in [0.25, 0.3) is 22.3 Å². The van der Waals surface area contributed by atoms with E-state index in [0.29, 0.717) is 23.3 Å². The number of carbonyl (C=O) groups is 2. The maximum absolute atomic E-state index is 12.6. The van der Waals surface area contributed by atoms with Gasteiger partial charge in [-0.25, -0.2) is 0 Å². The van der Waals surface area contributed by atoms with E-state index < -0.39 is 11.9 Å². The number of rotatable bonds is 17. The molecule has 4 aromatic rings. The van der Waals surface area contributed by atoms with E-state index in [4.69, 9.17) is 9.47 Å². The molecule has 0 unspecified atom stereocenters. The van der Waals surface area contributed by atoms with E-state index in [1.165, 1.54) is 114 Å². The van der Waals surface area contributed by atoms with Crippen LogP contribution in [0.15, 0.2) is 97.1 Å². The lowest BCUT2D eigenvalue weighted by Gasteiger charge is -2.29. The summed E-state index contributed by atoms with van der Waals surface area (Å²) in [5.41, 5.74) is 7.37. The summed E-state index contributed by atoms with van der Waals surface area (Å²) < 4.78 is 11.1. The molecule has 54 heavy (non-hydrogen) atoms. The molecule has 0 radical (unpaired) electrons. The fourth-order valence-corrected chi connectivity index (χ4v) is 8.83. The van der Waals surface area contributed by atoms with E-state index in [1.54, 1.807) is 0 Å². The van der Waals surface area contributed by atoms with Crippen molar-refractivity contribution < 1.29 is 19.1 Å². The molecule has 2 saturated carbocycles. The molecule has 6 rings (SSSR count). The van der Waals surface area contributed by atoms with Gasteiger partial charge in [-0.2, -0.15) is 0 Å². The van der Waals surface area contributed by atoms with Crippen molar-refractivity contribution >= 4 is 11.9 Å². The number of benzene rings is 4. The molecule has 2 fully saturated rings. The monoisotopic (exact) mass is 726 g/mol. The van der Waals surface area contributed by atoms with E-state index in [2.05, 4.69) is 62.4 Å². The largest absolute Gasteiger partial charge is 0.427 e. The number of hydrogen-bond donors (Lipinski definition) is 0. The quantitative estimate of drug-likeness (QED) is 0.0617. The average Bonchev–Trinajstić information content (AvgIpc) is 3.22. The first-order valence-electron chi connectivity index (χ1n) is 21.3. The van der Waals surface area contributed by atoms with Crippen molar-refractivity contribution in [1.82, 2.24) is 0 Å². The Balaban J connectivity index is 0.894. The summed E-state index contributed by atoms with van der Waals surface area (Å²) in [6.45, 7) is 4.57. The Morgan fingerprint density at radius 1 is 0.444 bits per heavy atom. The molecule has 2 aliphatic carbocycles. The van der Waals surface area contributed by atoms with Gasteiger partial charge in [-0.3, -0.25) is 9.59 Å². The smallest absolute Gasteiger partial charge is 0.311 e. The molecule has 0 aromatic heterocycles. The average molecular weight is 727 g/mol. The molecular weight excluding hydrogens is 665 g/mol. The van der Waals surface area contributed by atoms with Crippen LogP contribution in [0, 0.1) is 11.8 Å². The van der Waals surface area contributed by atoms with Crippen LogP contribution >= 0.6 is 0 Å². The molecule has 0 saturated heterocycles. The van der Waals surface area contributed by atoms with E-state index in [0.717, 1.165) is 34.1 Å². The molecule has 0 amide bonds. The SMILES string of the molecule is CCCCCC1CCC(c2ccc(-c3ccc(OC(=O)CCC(=O)Oc4ccc(-c5ccc(C6CCC(CCCCC)CC6)cc5)cc4)cc3)cc2)CC1. The molecule has 4 nitrogen and oxygen atoms in total. The van der Waals surface area contributed by atoms with Crippen LogP contribution < -0.4 is 9.47 Å². The summed E-state index contributed by atoms with van der Waals surface area (Å²) in [5.74, 6) is 3.22. The lowest BCUT2D eigenvalue weighted by molar-refractivity contribution is -0.140. The zero-order valence-electron chi connectivity index (χ0n) is 32.9. The maximum Gasteiger partial charge on any atom is 0.311 e. The lowest BCUT2D eigenvalue weighted by atomic mass is 9.77. The molecule has 0 bridgehead atoms. The van der Waals surface area contributed by atoms with Gasteiger partial charge >= 0.3 is 11.9 Å². The molecule has 4 aromatic carbocycles. The molecule has 0 heterocycles. The van der Waals surface area contributed by atoms with Crippen LogP contribution in [-0.4, -0.2) is 11.9 Å². The first-order valence-corrected chi connectivity index (χ1v) is 21.3. The highest BCUT2D eigenvalue weighted by atomic mass is 16.5. The normalized spacial score (nSPS) is 20.0. The van der Waals surface area contributed by atoms with Crippen LogP contribution in [0.1, 0.15) is 152 Å². The Labute approximate surface area is 325 Å². The van der Waals surface area contributed by atoms with E-state index in [9.17, 15) is 9.59 Å². The van der Waals surface area contributed by atoms with Gasteiger partial charge in [0.25, 0.3) is 0 Å². The molecule has 0 atom stereocenters. The van der Waals surface area contributed by atoms with Crippen molar-refractivity contribution in [3.8, 4) is 33.8 Å². The topological polar surface area (TPSA) is 52.6 Å². The summed E-state index contributed by atoms with van der Waals surface area (Å²) in [4.78, 5) is 25.1. The Morgan fingerprint density at radius 2 is 0.759 bits per heavy atom. The van der Waals surface area contributed by atoms with Crippen LogP contribution in [0.3, 0.4) is 0 Å². The van der Waals surface area contributed by atoms with E-state index in [-0.39, 0.29) is 12.8 Å². The third-order valence-electron chi connectivity index (χ3n) is 12.3. The van der Waals surface area contributed by atoms with Crippen molar-refractivity contribution in [3.63, 3.8) is 0 Å². The second-order valence-corrected chi connectivity index (χ2v) is 16.2. The number of carbonyl (C=O) groups excluding carboxylic acids is 2. The summed E-state index contributed by atoms with van der Waals surface area (Å²) in [6.07, 6.45) is 21.5. The first-order chi connectivity index (χ1) is 26.5. The number of unbranched alkanes of at least 4 members (excludes halogenated alkanes) is 4. The third kappa shape index (κ3) is 11.7. The summed E-state index contributed by atoms with van der Waals surface area (Å²) in [7, 11) is 0. The van der Waals surface area contributed by atoms with Crippen LogP contribution in [0.5, 0.6) is 11.5 Å². The molecular formula is C50H62O4. The highest BCUT2D eigenvalue weighted by molar-refractivity contribution is 5.80. The van der Waals surface area contributed by atoms with Gasteiger partial charge in [-0.15, -0.1) is 0 Å². The number of ether oxygens (including phenoxy) is 2. The molecule has 0 aliphatic heterocycles. The van der Waals surface area contributed by atoms with Gasteiger partial charge in [0, 0.05) is 0 Å². The van der Waals surface area contributed by atoms with E-state index in [1.807, 2.05) is 48.5 Å². The molecule has 286 valence electrons. The summed E-state index contributed by atoms with van der Waals surface area (Å²) in [5, 5.41) is 0. The molecule has 0 N–H and O–H groups in total. The fourth-order valence-electron chi connectivity index (χ4n) is 8.83. The van der Waals surface area contributed by atoms with E-state index >= 15 is 0 Å². The van der Waals surface area contributed by atoms with Crippen LogP contribution in [0.4, 0.5) is 0 Å². The van der Waals surface area contributed by atoms with Gasteiger partial charge in [0.1, 0.15) is 11.5 Å². The predicted molar refractivity (Wildman–Crippen MR) is 222 cm³/mol. The summed E-state index contributed by atoms with van der Waals surface area (Å²) in [6, 6.07) is 33.2. The van der Waals surface area contributed by atoms with Gasteiger partial charge in [0.2, 0.25) is 0 Å². The van der Waals surface area contributed by atoms with Crippen molar-refractivity contribution in [3.05, 3.63) is 108 Å². The lowest BCUT2D eigenvalue weighted by Crippen LogP contribution is -2.14. The van der Waals surface area contributed by atoms with Crippen molar-refractivity contribution in [2.45, 2.75) is 141 Å². The predicted octanol–water partition coefficient (Wildman–Crippen LogP) is 14.0. The van der Waals surface area contributed by atoms with Crippen LogP contribution in [-0.2, 0) is 9.59 Å². The highest BCUT2D eigenvalue weighted by Gasteiger charge is 2.23. The summed E-state index contributed by atoms with van der Waals surface area (Å²) >= 11 is 0. The molecule has 2 aliphatic rings. The Kier molecular flexibility index (Phi) is 15.0. The van der Waals surface area contributed by atoms with Crippen LogP contribution in [0.2, 0.25) is 0 Å². The third-order valence-corrected chi connectivity index (χ3v) is 12.3. The van der Waals surface area contributed by atoms with Gasteiger partial charge in [0.15, 0.2) is 0 Å². The Hall–Kier alpha value is -4.18. The minimum atomic E-state index is -0.456. The van der Waals surface area contributed by atoms with Gasteiger partial charge in [-0.1, -0.05) is 138 Å². The Bertz CT molecular complexity index is 1570. The van der Waals surface area contributed by atoms with Crippen molar-refractivity contribution in [2.75, 3.05) is 0 Å². The minimum absolute atomic E-state index is 0.0480. The fraction of sp³-hybridized carbons (Fsp3) is 0.480. The van der Waals surface area contributed by atoms with Crippen molar-refractivity contribution in [1.29, 1.82) is 0 Å². The van der Waals surface area contributed by atoms with Crippen molar-refractivity contribution in [2.24, 2.45) is 11.8 Å². The van der Waals surface area contributed by atoms with Gasteiger partial charge < -0.3 is 9.47 Å². The second kappa shape index (κ2) is 20.5. The zero-order chi connectivity index (χ0) is 37.5. The first kappa shape index (κ1) is 39.5. The maximum atomic E-state index is 12.6. The second-order valence-electron chi connectivity index (χ2n) is 16.2. The minimum Gasteiger partial charge on any atom is -0.427 e. The molecule has 4 heteroatoms.